The van der Waals surface area contributed by atoms with Gasteiger partial charge in [-0.25, -0.2) is 4.39 Å². The summed E-state index contributed by atoms with van der Waals surface area (Å²) >= 11 is 0. The Labute approximate surface area is 109 Å². The van der Waals surface area contributed by atoms with Gasteiger partial charge in [-0.3, -0.25) is 0 Å². The summed E-state index contributed by atoms with van der Waals surface area (Å²) in [6.45, 7) is 6.23. The van der Waals surface area contributed by atoms with E-state index in [1.165, 1.54) is 12.8 Å². The van der Waals surface area contributed by atoms with Crippen molar-refractivity contribution < 1.29 is 4.39 Å². The lowest BCUT2D eigenvalue weighted by Gasteiger charge is -2.20. The van der Waals surface area contributed by atoms with Crippen LogP contribution in [0.4, 0.5) is 10.1 Å². The summed E-state index contributed by atoms with van der Waals surface area (Å²) in [6.07, 6.45) is 2.37. The van der Waals surface area contributed by atoms with Crippen LogP contribution in [0.3, 0.4) is 0 Å². The van der Waals surface area contributed by atoms with Gasteiger partial charge in [-0.2, -0.15) is 0 Å². The zero-order valence-electron chi connectivity index (χ0n) is 11.5. The van der Waals surface area contributed by atoms with E-state index in [2.05, 4.69) is 17.1 Å². The molecule has 1 fully saturated rings. The Morgan fingerprint density at radius 3 is 2.83 bits per heavy atom. The predicted molar refractivity (Wildman–Crippen MR) is 74.5 cm³/mol. The van der Waals surface area contributed by atoms with Gasteiger partial charge in [-0.1, -0.05) is 19.4 Å². The van der Waals surface area contributed by atoms with Crippen molar-refractivity contribution in [3.8, 4) is 0 Å². The van der Waals surface area contributed by atoms with Gasteiger partial charge in [0.1, 0.15) is 5.82 Å². The van der Waals surface area contributed by atoms with Crippen LogP contribution in [0.25, 0.3) is 0 Å². The van der Waals surface area contributed by atoms with Gasteiger partial charge >= 0.3 is 0 Å². The zero-order valence-corrected chi connectivity index (χ0v) is 11.5. The number of nitrogens with zero attached hydrogens (tertiary/aromatic N) is 1. The summed E-state index contributed by atoms with van der Waals surface area (Å²) in [5.41, 5.74) is 1.77. The molecule has 1 N–H and O–H groups in total. The molecule has 3 heteroatoms. The van der Waals surface area contributed by atoms with Gasteiger partial charge in [0.15, 0.2) is 0 Å². The second-order valence-corrected chi connectivity index (χ2v) is 5.23. The Morgan fingerprint density at radius 1 is 1.50 bits per heavy atom. The van der Waals surface area contributed by atoms with E-state index in [-0.39, 0.29) is 11.9 Å². The molecule has 1 heterocycles. The minimum Gasteiger partial charge on any atom is -0.369 e. The van der Waals surface area contributed by atoms with E-state index in [4.69, 9.17) is 0 Å². The van der Waals surface area contributed by atoms with E-state index in [0.29, 0.717) is 0 Å². The van der Waals surface area contributed by atoms with E-state index < -0.39 is 0 Å². The topological polar surface area (TPSA) is 15.3 Å². The maximum absolute atomic E-state index is 14.2. The fraction of sp³-hybridized carbons (Fsp3) is 0.600. The summed E-state index contributed by atoms with van der Waals surface area (Å²) in [6, 6.07) is 5.81. The van der Waals surface area contributed by atoms with Crippen LogP contribution >= 0.6 is 0 Å². The second-order valence-electron chi connectivity index (χ2n) is 5.23. The van der Waals surface area contributed by atoms with Crippen LogP contribution in [0.5, 0.6) is 0 Å². The first-order valence-electron chi connectivity index (χ1n) is 6.87. The Balaban J connectivity index is 2.15. The van der Waals surface area contributed by atoms with Gasteiger partial charge in [0.25, 0.3) is 0 Å². The molecule has 1 aromatic rings. The number of hydrogen-bond acceptors (Lipinski definition) is 2. The molecule has 18 heavy (non-hydrogen) atoms. The van der Waals surface area contributed by atoms with E-state index in [9.17, 15) is 4.39 Å². The van der Waals surface area contributed by atoms with Gasteiger partial charge in [0.2, 0.25) is 0 Å². The van der Waals surface area contributed by atoms with Gasteiger partial charge in [-0.15, -0.1) is 0 Å². The highest BCUT2D eigenvalue weighted by molar-refractivity contribution is 5.50. The zero-order chi connectivity index (χ0) is 13.1. The van der Waals surface area contributed by atoms with Crippen LogP contribution in [0.1, 0.15) is 38.3 Å². The average Bonchev–Trinajstić information content (AvgIpc) is 2.86. The number of hydrogen-bond donors (Lipinski definition) is 1. The summed E-state index contributed by atoms with van der Waals surface area (Å²) < 4.78 is 14.2. The van der Waals surface area contributed by atoms with Crippen molar-refractivity contribution in [1.29, 1.82) is 0 Å². The Bertz CT molecular complexity index is 405. The lowest BCUT2D eigenvalue weighted by Crippen LogP contribution is -2.21. The Morgan fingerprint density at radius 2 is 2.28 bits per heavy atom. The largest absolute Gasteiger partial charge is 0.369 e. The normalized spacial score (nSPS) is 21.3. The summed E-state index contributed by atoms with van der Waals surface area (Å²) in [4.78, 5) is 2.18. The highest BCUT2D eigenvalue weighted by Gasteiger charge is 2.23. The molecule has 0 amide bonds. The molecule has 1 aliphatic heterocycles. The molecular weight excluding hydrogens is 227 g/mol. The molecule has 0 aromatic heterocycles. The molecule has 0 spiro atoms. The van der Waals surface area contributed by atoms with E-state index in [0.717, 1.165) is 30.3 Å². The first-order valence-corrected chi connectivity index (χ1v) is 6.87. The Kier molecular flexibility index (Phi) is 4.23. The van der Waals surface area contributed by atoms with Crippen LogP contribution in [0, 0.1) is 11.7 Å². The fourth-order valence-corrected chi connectivity index (χ4v) is 2.60. The molecule has 0 radical (unpaired) electrons. The van der Waals surface area contributed by atoms with E-state index in [1.54, 1.807) is 6.07 Å². The van der Waals surface area contributed by atoms with Gasteiger partial charge in [-0.05, 0) is 44.0 Å². The average molecular weight is 250 g/mol. The highest BCUT2D eigenvalue weighted by Crippen LogP contribution is 2.29. The molecule has 2 nitrogen and oxygen atoms in total. The van der Waals surface area contributed by atoms with Crippen LogP contribution in [-0.2, 0) is 0 Å². The third-order valence-electron chi connectivity index (χ3n) is 4.11. The van der Waals surface area contributed by atoms with E-state index in [1.807, 2.05) is 26.1 Å². The number of benzene rings is 1. The van der Waals surface area contributed by atoms with Crippen molar-refractivity contribution in [1.82, 2.24) is 5.32 Å². The monoisotopic (exact) mass is 250 g/mol. The van der Waals surface area contributed by atoms with Gasteiger partial charge in [0, 0.05) is 19.1 Å². The third-order valence-corrected chi connectivity index (χ3v) is 4.11. The van der Waals surface area contributed by atoms with Crippen LogP contribution in [0.15, 0.2) is 18.2 Å². The van der Waals surface area contributed by atoms with Crippen molar-refractivity contribution in [2.45, 2.75) is 32.7 Å². The van der Waals surface area contributed by atoms with Crippen molar-refractivity contribution in [2.75, 3.05) is 25.0 Å². The van der Waals surface area contributed by atoms with Crippen LogP contribution in [0.2, 0.25) is 0 Å². The molecule has 2 rings (SSSR count). The van der Waals surface area contributed by atoms with Crippen LogP contribution in [-0.4, -0.2) is 20.1 Å². The maximum atomic E-state index is 14.2. The number of nitrogens with one attached hydrogen (secondary N) is 1. The lowest BCUT2D eigenvalue weighted by molar-refractivity contribution is 0.566. The first-order chi connectivity index (χ1) is 8.65. The molecule has 1 aromatic carbocycles. The summed E-state index contributed by atoms with van der Waals surface area (Å²) in [5.74, 6) is 0.631. The molecule has 0 aliphatic carbocycles. The fourth-order valence-electron chi connectivity index (χ4n) is 2.60. The Hall–Kier alpha value is -1.09. The molecule has 2 unspecified atom stereocenters. The predicted octanol–water partition coefficient (Wildman–Crippen LogP) is 3.34. The molecule has 1 saturated heterocycles. The molecular formula is C15H23FN2. The third kappa shape index (κ3) is 2.66. The number of halogens is 1. The van der Waals surface area contributed by atoms with Gasteiger partial charge in [0.05, 0.1) is 5.69 Å². The standard InChI is InChI=1S/C15H23FN2/c1-4-12-7-8-18(10-12)15-6-5-13(9-14(15)16)11(2)17-3/h5-6,9,11-12,17H,4,7-8,10H2,1-3H3. The number of anilines is 1. The lowest BCUT2D eigenvalue weighted by atomic mass is 10.1. The van der Waals surface area contributed by atoms with Crippen molar-refractivity contribution in [2.24, 2.45) is 5.92 Å². The number of rotatable bonds is 4. The molecule has 100 valence electrons. The molecule has 0 saturated carbocycles. The molecule has 2 atom stereocenters. The molecule has 0 bridgehead atoms. The summed E-state index contributed by atoms with van der Waals surface area (Å²) in [7, 11) is 1.89. The minimum atomic E-state index is -0.0913. The van der Waals surface area contributed by atoms with Crippen molar-refractivity contribution in [3.63, 3.8) is 0 Å². The van der Waals surface area contributed by atoms with Crippen molar-refractivity contribution >= 4 is 5.69 Å². The maximum Gasteiger partial charge on any atom is 0.146 e. The quantitative estimate of drug-likeness (QED) is 0.881. The SMILES string of the molecule is CCC1CCN(c2ccc(C(C)NC)cc2F)C1. The highest BCUT2D eigenvalue weighted by atomic mass is 19.1. The second kappa shape index (κ2) is 5.70. The van der Waals surface area contributed by atoms with Gasteiger partial charge < -0.3 is 10.2 Å². The van der Waals surface area contributed by atoms with Crippen molar-refractivity contribution in [3.05, 3.63) is 29.6 Å². The van der Waals surface area contributed by atoms with Crippen LogP contribution < -0.4 is 10.2 Å². The molecule has 1 aliphatic rings. The summed E-state index contributed by atoms with van der Waals surface area (Å²) in [5, 5.41) is 3.13. The van der Waals surface area contributed by atoms with E-state index >= 15 is 0 Å². The smallest absolute Gasteiger partial charge is 0.146 e. The minimum absolute atomic E-state index is 0.0913. The first kappa shape index (κ1) is 13.3.